The second kappa shape index (κ2) is 4.21. The van der Waals surface area contributed by atoms with E-state index in [9.17, 15) is 9.59 Å². The van der Waals surface area contributed by atoms with Crippen LogP contribution in [0.1, 0.15) is 34.6 Å². The highest BCUT2D eigenvalue weighted by Crippen LogP contribution is 2.12. The van der Waals surface area contributed by atoms with Crippen LogP contribution in [-0.4, -0.2) is 17.4 Å². The summed E-state index contributed by atoms with van der Waals surface area (Å²) >= 11 is 0. The van der Waals surface area contributed by atoms with Crippen LogP contribution >= 0.6 is 0 Å². The van der Waals surface area contributed by atoms with Gasteiger partial charge in [0.05, 0.1) is 0 Å². The minimum absolute atomic E-state index is 0.192. The van der Waals surface area contributed by atoms with E-state index in [2.05, 4.69) is 0 Å². The van der Waals surface area contributed by atoms with Crippen molar-refractivity contribution in [3.8, 4) is 0 Å². The Labute approximate surface area is 78.8 Å². The van der Waals surface area contributed by atoms with Gasteiger partial charge in [0, 0.05) is 6.92 Å². The van der Waals surface area contributed by atoms with E-state index < -0.39 is 11.6 Å². The van der Waals surface area contributed by atoms with Crippen LogP contribution < -0.4 is 0 Å². The van der Waals surface area contributed by atoms with Crippen LogP contribution in [0, 0.1) is 0 Å². The van der Waals surface area contributed by atoms with Crippen LogP contribution in [0.3, 0.4) is 0 Å². The van der Waals surface area contributed by atoms with E-state index in [1.807, 2.05) is 13.8 Å². The molecule has 0 saturated heterocycles. The molecule has 0 aromatic heterocycles. The normalized spacial score (nSPS) is 10.5. The Hall–Kier alpha value is -1.12. The molecular formula is C10H16O3. The molecule has 0 aliphatic heterocycles. The summed E-state index contributed by atoms with van der Waals surface area (Å²) in [5.41, 5.74) is -0.159. The van der Waals surface area contributed by atoms with E-state index in [1.54, 1.807) is 13.8 Å². The second-order valence-corrected chi connectivity index (χ2v) is 3.69. The predicted molar refractivity (Wildman–Crippen MR) is 50.3 cm³/mol. The molecule has 0 aromatic rings. The van der Waals surface area contributed by atoms with Gasteiger partial charge in [0.25, 0.3) is 0 Å². The third-order valence-electron chi connectivity index (χ3n) is 1.41. The first kappa shape index (κ1) is 11.9. The number of ether oxygens (including phenoxy) is 1. The van der Waals surface area contributed by atoms with Crippen LogP contribution in [0.4, 0.5) is 0 Å². The Balaban J connectivity index is 4.54. The number of allylic oxidation sites excluding steroid dienone is 1. The van der Waals surface area contributed by atoms with Crippen LogP contribution in [0.25, 0.3) is 0 Å². The Morgan fingerprint density at radius 2 is 1.62 bits per heavy atom. The molecule has 3 heteroatoms. The molecule has 0 heterocycles. The van der Waals surface area contributed by atoms with Gasteiger partial charge >= 0.3 is 5.97 Å². The van der Waals surface area contributed by atoms with Gasteiger partial charge in [0.1, 0.15) is 0 Å². The predicted octanol–water partition coefficient (Wildman–Crippen LogP) is 1.86. The maximum Gasteiger partial charge on any atom is 0.303 e. The van der Waals surface area contributed by atoms with Gasteiger partial charge in [-0.15, -0.1) is 0 Å². The first-order valence-corrected chi connectivity index (χ1v) is 4.14. The summed E-state index contributed by atoms with van der Waals surface area (Å²) in [4.78, 5) is 22.1. The molecule has 0 unspecified atom stereocenters. The summed E-state index contributed by atoms with van der Waals surface area (Å²) in [5.74, 6) is -0.636. The monoisotopic (exact) mass is 184 g/mol. The number of hydrogen-bond donors (Lipinski definition) is 0. The molecule has 13 heavy (non-hydrogen) atoms. The third kappa shape index (κ3) is 4.45. The lowest BCUT2D eigenvalue weighted by Crippen LogP contribution is -2.35. The highest BCUT2D eigenvalue weighted by atomic mass is 16.6. The maximum absolute atomic E-state index is 11.5. The van der Waals surface area contributed by atoms with Gasteiger partial charge in [-0.2, -0.15) is 0 Å². The summed E-state index contributed by atoms with van der Waals surface area (Å²) in [7, 11) is 0. The van der Waals surface area contributed by atoms with E-state index in [0.29, 0.717) is 0 Å². The molecule has 0 fully saturated rings. The highest BCUT2D eigenvalue weighted by molar-refractivity contribution is 5.97. The topological polar surface area (TPSA) is 43.4 Å². The van der Waals surface area contributed by atoms with Crippen molar-refractivity contribution in [1.82, 2.24) is 0 Å². The molecule has 0 spiro atoms. The Morgan fingerprint density at radius 3 is 1.92 bits per heavy atom. The van der Waals surface area contributed by atoms with Crippen molar-refractivity contribution >= 4 is 11.8 Å². The Bertz CT molecular complexity index is 245. The zero-order valence-electron chi connectivity index (χ0n) is 8.80. The van der Waals surface area contributed by atoms with Gasteiger partial charge in [0.15, 0.2) is 11.4 Å². The van der Waals surface area contributed by atoms with Gasteiger partial charge in [-0.3, -0.25) is 9.59 Å². The molecule has 0 aliphatic rings. The Morgan fingerprint density at radius 1 is 1.15 bits per heavy atom. The van der Waals surface area contributed by atoms with E-state index in [0.717, 1.165) is 5.57 Å². The summed E-state index contributed by atoms with van der Waals surface area (Å²) in [6.45, 7) is 8.09. The molecule has 0 radical (unpaired) electrons. The molecule has 3 nitrogen and oxygen atoms in total. The number of carbonyl (C=O) groups is 2. The standard InChI is InChI=1S/C10H16O3/c1-7(2)6-9(12)10(4,5)13-8(3)11/h6H,1-5H3. The fourth-order valence-corrected chi connectivity index (χ4v) is 0.846. The fourth-order valence-electron chi connectivity index (χ4n) is 0.846. The average Bonchev–Trinajstić information content (AvgIpc) is 1.81. The lowest BCUT2D eigenvalue weighted by Gasteiger charge is -2.21. The quantitative estimate of drug-likeness (QED) is 0.496. The molecule has 0 amide bonds. The van der Waals surface area contributed by atoms with E-state index in [-0.39, 0.29) is 5.78 Å². The lowest BCUT2D eigenvalue weighted by atomic mass is 10.0. The van der Waals surface area contributed by atoms with Gasteiger partial charge < -0.3 is 4.74 Å². The molecule has 0 bridgehead atoms. The van der Waals surface area contributed by atoms with Gasteiger partial charge in [-0.25, -0.2) is 0 Å². The smallest absolute Gasteiger partial charge is 0.303 e. The molecule has 74 valence electrons. The molecular weight excluding hydrogens is 168 g/mol. The molecule has 0 rings (SSSR count). The van der Waals surface area contributed by atoms with Crippen LogP contribution in [0.15, 0.2) is 11.6 Å². The largest absolute Gasteiger partial charge is 0.451 e. The van der Waals surface area contributed by atoms with Crippen molar-refractivity contribution in [2.24, 2.45) is 0 Å². The highest BCUT2D eigenvalue weighted by Gasteiger charge is 2.28. The number of esters is 1. The first-order valence-electron chi connectivity index (χ1n) is 4.14. The van der Waals surface area contributed by atoms with Crippen molar-refractivity contribution in [2.45, 2.75) is 40.2 Å². The molecule has 0 saturated carbocycles. The lowest BCUT2D eigenvalue weighted by molar-refractivity contribution is -0.159. The summed E-state index contributed by atoms with van der Waals surface area (Å²) in [5, 5.41) is 0. The van der Waals surface area contributed by atoms with E-state index in [4.69, 9.17) is 4.74 Å². The number of carbonyl (C=O) groups excluding carboxylic acids is 2. The molecule has 0 atom stereocenters. The fraction of sp³-hybridized carbons (Fsp3) is 0.600. The SMILES string of the molecule is CC(=O)OC(C)(C)C(=O)C=C(C)C. The summed E-state index contributed by atoms with van der Waals surface area (Å²) in [6.07, 6.45) is 1.48. The van der Waals surface area contributed by atoms with Crippen molar-refractivity contribution in [2.75, 3.05) is 0 Å². The zero-order chi connectivity index (χ0) is 10.6. The van der Waals surface area contributed by atoms with Crippen LogP contribution in [0.2, 0.25) is 0 Å². The average molecular weight is 184 g/mol. The second-order valence-electron chi connectivity index (χ2n) is 3.69. The van der Waals surface area contributed by atoms with Crippen molar-refractivity contribution in [3.05, 3.63) is 11.6 Å². The van der Waals surface area contributed by atoms with Crippen molar-refractivity contribution < 1.29 is 14.3 Å². The van der Waals surface area contributed by atoms with Gasteiger partial charge in [0.2, 0.25) is 0 Å². The van der Waals surface area contributed by atoms with Crippen LogP contribution in [0.5, 0.6) is 0 Å². The number of hydrogen-bond acceptors (Lipinski definition) is 3. The number of ketones is 1. The van der Waals surface area contributed by atoms with E-state index in [1.165, 1.54) is 13.0 Å². The molecule has 0 aliphatic carbocycles. The first-order chi connectivity index (χ1) is 5.75. The number of rotatable bonds is 3. The Kier molecular flexibility index (Phi) is 3.85. The van der Waals surface area contributed by atoms with Gasteiger partial charge in [-0.05, 0) is 33.8 Å². The minimum atomic E-state index is -1.05. The van der Waals surface area contributed by atoms with E-state index >= 15 is 0 Å². The summed E-state index contributed by atoms with van der Waals surface area (Å²) < 4.78 is 4.87. The zero-order valence-corrected chi connectivity index (χ0v) is 8.80. The minimum Gasteiger partial charge on any atom is -0.451 e. The third-order valence-corrected chi connectivity index (χ3v) is 1.41. The maximum atomic E-state index is 11.5. The molecule has 0 N–H and O–H groups in total. The van der Waals surface area contributed by atoms with Crippen LogP contribution in [-0.2, 0) is 14.3 Å². The summed E-state index contributed by atoms with van der Waals surface area (Å²) in [6, 6.07) is 0. The van der Waals surface area contributed by atoms with Crippen molar-refractivity contribution in [1.29, 1.82) is 0 Å². The molecule has 0 aromatic carbocycles. The van der Waals surface area contributed by atoms with Crippen molar-refractivity contribution in [3.63, 3.8) is 0 Å². The van der Waals surface area contributed by atoms with Gasteiger partial charge in [-0.1, -0.05) is 5.57 Å².